The molecule has 0 saturated carbocycles. The number of piperidine rings is 1. The van der Waals surface area contributed by atoms with Crippen LogP contribution in [0.15, 0.2) is 54.9 Å². The topological polar surface area (TPSA) is 62.7 Å². The van der Waals surface area contributed by atoms with E-state index in [0.29, 0.717) is 23.7 Å². The molecule has 1 saturated heterocycles. The van der Waals surface area contributed by atoms with Crippen LogP contribution in [-0.2, 0) is 4.79 Å². The second-order valence-corrected chi connectivity index (χ2v) is 7.80. The van der Waals surface area contributed by atoms with Crippen LogP contribution in [0, 0.1) is 0 Å². The predicted molar refractivity (Wildman–Crippen MR) is 114 cm³/mol. The van der Waals surface area contributed by atoms with Crippen molar-refractivity contribution in [1.29, 1.82) is 0 Å². The first-order valence-corrected chi connectivity index (χ1v) is 10.1. The summed E-state index contributed by atoms with van der Waals surface area (Å²) in [7, 11) is 1.63. The van der Waals surface area contributed by atoms with Crippen LogP contribution in [0.25, 0.3) is 10.8 Å². The fraction of sp³-hybridized carbons (Fsp3) is 0.304. The van der Waals surface area contributed by atoms with Crippen LogP contribution in [0.4, 0.5) is 0 Å². The van der Waals surface area contributed by atoms with E-state index in [1.807, 2.05) is 36.5 Å². The number of ether oxygens (including phenoxy) is 1. The molecule has 6 heteroatoms. The monoisotopic (exact) mass is 410 g/mol. The molecule has 0 bridgehead atoms. The van der Waals surface area contributed by atoms with Crippen molar-refractivity contribution in [2.24, 2.45) is 0 Å². The molecule has 1 aliphatic rings. The second kappa shape index (κ2) is 8.39. The molecule has 2 heterocycles. The number of likely N-dealkylation sites (tertiary alicyclic amines) is 1. The Morgan fingerprint density at radius 3 is 2.86 bits per heavy atom. The van der Waals surface area contributed by atoms with Crippen molar-refractivity contribution < 1.29 is 14.6 Å². The lowest BCUT2D eigenvalue weighted by atomic mass is 9.90. The maximum Gasteiger partial charge on any atom is 0.320 e. The summed E-state index contributed by atoms with van der Waals surface area (Å²) in [6.07, 6.45) is 6.10. The third-order valence-corrected chi connectivity index (χ3v) is 5.86. The molecule has 5 nitrogen and oxygen atoms in total. The number of carboxylic acid groups (broad SMARTS) is 1. The zero-order valence-electron chi connectivity index (χ0n) is 16.2. The minimum Gasteiger partial charge on any atom is -0.496 e. The Bertz CT molecular complexity index is 1040. The number of benzene rings is 2. The number of pyridine rings is 1. The van der Waals surface area contributed by atoms with Crippen molar-refractivity contribution in [3.05, 3.63) is 71.0 Å². The molecule has 2 unspecified atom stereocenters. The van der Waals surface area contributed by atoms with Gasteiger partial charge in [-0.25, -0.2) is 0 Å². The highest BCUT2D eigenvalue weighted by Crippen LogP contribution is 2.40. The Labute approximate surface area is 174 Å². The van der Waals surface area contributed by atoms with Gasteiger partial charge in [-0.1, -0.05) is 30.2 Å². The molecular formula is C23H23ClN2O3. The van der Waals surface area contributed by atoms with E-state index in [-0.39, 0.29) is 6.04 Å². The zero-order valence-corrected chi connectivity index (χ0v) is 17.0. The van der Waals surface area contributed by atoms with Crippen LogP contribution in [-0.4, -0.2) is 40.7 Å². The highest BCUT2D eigenvalue weighted by Gasteiger charge is 2.36. The Morgan fingerprint density at radius 1 is 1.21 bits per heavy atom. The molecule has 4 rings (SSSR count). The van der Waals surface area contributed by atoms with E-state index in [2.05, 4.69) is 16.0 Å². The molecule has 2 atom stereocenters. The molecule has 150 valence electrons. The van der Waals surface area contributed by atoms with E-state index in [9.17, 15) is 9.90 Å². The lowest BCUT2D eigenvalue weighted by Gasteiger charge is -2.40. The van der Waals surface area contributed by atoms with Crippen molar-refractivity contribution in [2.75, 3.05) is 13.7 Å². The van der Waals surface area contributed by atoms with Crippen LogP contribution < -0.4 is 4.74 Å². The molecule has 1 aromatic heterocycles. The van der Waals surface area contributed by atoms with Crippen LogP contribution in [0.2, 0.25) is 5.02 Å². The quantitative estimate of drug-likeness (QED) is 0.646. The number of rotatable bonds is 5. The van der Waals surface area contributed by atoms with Gasteiger partial charge in [0.1, 0.15) is 11.8 Å². The molecular weight excluding hydrogens is 388 g/mol. The molecule has 29 heavy (non-hydrogen) atoms. The molecule has 1 N–H and O–H groups in total. The third kappa shape index (κ3) is 3.93. The summed E-state index contributed by atoms with van der Waals surface area (Å²) in [5.74, 6) is -0.0929. The number of carbonyl (C=O) groups is 1. The fourth-order valence-electron chi connectivity index (χ4n) is 4.27. The van der Waals surface area contributed by atoms with E-state index < -0.39 is 12.0 Å². The maximum absolute atomic E-state index is 12.1. The maximum atomic E-state index is 12.1. The SMILES string of the molecule is COc1ccc(Cl)cc1C(c1ccc2cnccc2c1)N1CCCCC1C(=O)O. The van der Waals surface area contributed by atoms with Crippen molar-refractivity contribution in [3.8, 4) is 5.75 Å². The van der Waals surface area contributed by atoms with E-state index in [1.54, 1.807) is 19.4 Å². The van der Waals surface area contributed by atoms with E-state index in [4.69, 9.17) is 16.3 Å². The number of nitrogens with zero attached hydrogens (tertiary/aromatic N) is 2. The summed E-state index contributed by atoms with van der Waals surface area (Å²) in [5, 5.41) is 12.6. The first-order valence-electron chi connectivity index (χ1n) is 9.74. The largest absolute Gasteiger partial charge is 0.496 e. The average Bonchev–Trinajstić information content (AvgIpc) is 2.74. The summed E-state index contributed by atoms with van der Waals surface area (Å²) in [6, 6.07) is 12.8. The smallest absolute Gasteiger partial charge is 0.320 e. The van der Waals surface area contributed by atoms with E-state index in [0.717, 1.165) is 34.7 Å². The highest BCUT2D eigenvalue weighted by atomic mass is 35.5. The average molecular weight is 411 g/mol. The van der Waals surface area contributed by atoms with Gasteiger partial charge in [0.2, 0.25) is 0 Å². The van der Waals surface area contributed by atoms with Crippen molar-refractivity contribution >= 4 is 28.3 Å². The minimum atomic E-state index is -0.791. The number of fused-ring (bicyclic) bond motifs is 1. The van der Waals surface area contributed by atoms with Gasteiger partial charge in [0, 0.05) is 28.4 Å². The van der Waals surface area contributed by atoms with Crippen LogP contribution >= 0.6 is 11.6 Å². The van der Waals surface area contributed by atoms with Crippen LogP contribution in [0.1, 0.15) is 36.4 Å². The standard InChI is InChI=1S/C23H23ClN2O3/c1-29-21-8-7-18(24)13-19(21)22(26-11-3-2-4-20(26)23(27)28)16-5-6-17-14-25-10-9-15(17)12-16/h5-10,12-14,20,22H,2-4,11H2,1H3,(H,27,28). The predicted octanol–water partition coefficient (Wildman–Crippen LogP) is 4.93. The van der Waals surface area contributed by atoms with Gasteiger partial charge < -0.3 is 9.84 Å². The summed E-state index contributed by atoms with van der Waals surface area (Å²) in [6.45, 7) is 0.700. The summed E-state index contributed by atoms with van der Waals surface area (Å²) in [4.78, 5) is 18.3. The lowest BCUT2D eigenvalue weighted by molar-refractivity contribution is -0.145. The summed E-state index contributed by atoms with van der Waals surface area (Å²) < 4.78 is 5.63. The molecule has 0 radical (unpaired) electrons. The molecule has 0 aliphatic carbocycles. The Hall–Kier alpha value is -2.63. The molecule has 0 spiro atoms. The van der Waals surface area contributed by atoms with Gasteiger partial charge in [-0.3, -0.25) is 14.7 Å². The van der Waals surface area contributed by atoms with Gasteiger partial charge in [0.25, 0.3) is 0 Å². The number of hydrogen-bond acceptors (Lipinski definition) is 4. The minimum absolute atomic E-state index is 0.275. The highest BCUT2D eigenvalue weighted by molar-refractivity contribution is 6.30. The number of carboxylic acids is 1. The van der Waals surface area contributed by atoms with Crippen molar-refractivity contribution in [3.63, 3.8) is 0 Å². The summed E-state index contributed by atoms with van der Waals surface area (Å²) >= 11 is 6.34. The normalized spacial score (nSPS) is 18.5. The van der Waals surface area contributed by atoms with Crippen LogP contribution in [0.3, 0.4) is 0 Å². The first kappa shape index (κ1) is 19.7. The van der Waals surface area contributed by atoms with E-state index >= 15 is 0 Å². The number of methoxy groups -OCH3 is 1. The van der Waals surface area contributed by atoms with Gasteiger partial charge in [-0.2, -0.15) is 0 Å². The Morgan fingerprint density at radius 2 is 2.07 bits per heavy atom. The number of hydrogen-bond donors (Lipinski definition) is 1. The lowest BCUT2D eigenvalue weighted by Crippen LogP contribution is -2.46. The second-order valence-electron chi connectivity index (χ2n) is 7.36. The van der Waals surface area contributed by atoms with E-state index in [1.165, 1.54) is 0 Å². The third-order valence-electron chi connectivity index (χ3n) is 5.63. The summed E-state index contributed by atoms with van der Waals surface area (Å²) in [5.41, 5.74) is 1.89. The van der Waals surface area contributed by atoms with Crippen molar-refractivity contribution in [1.82, 2.24) is 9.88 Å². The Kier molecular flexibility index (Phi) is 5.69. The Balaban J connectivity index is 1.91. The molecule has 2 aromatic carbocycles. The van der Waals surface area contributed by atoms with Crippen LogP contribution in [0.5, 0.6) is 5.75 Å². The molecule has 1 aliphatic heterocycles. The molecule has 1 fully saturated rings. The van der Waals surface area contributed by atoms with Gasteiger partial charge in [-0.15, -0.1) is 0 Å². The number of halogens is 1. The van der Waals surface area contributed by atoms with Gasteiger partial charge in [0.05, 0.1) is 13.2 Å². The fourth-order valence-corrected chi connectivity index (χ4v) is 4.45. The molecule has 0 amide bonds. The molecule has 3 aromatic rings. The van der Waals surface area contributed by atoms with Gasteiger partial charge in [-0.05, 0) is 60.7 Å². The number of aliphatic carboxylic acids is 1. The van der Waals surface area contributed by atoms with Crippen molar-refractivity contribution in [2.45, 2.75) is 31.3 Å². The first-order chi connectivity index (χ1) is 14.1. The van der Waals surface area contributed by atoms with Gasteiger partial charge >= 0.3 is 5.97 Å². The zero-order chi connectivity index (χ0) is 20.4. The van der Waals surface area contributed by atoms with Gasteiger partial charge in [0.15, 0.2) is 0 Å². The number of aromatic nitrogens is 1.